The first-order chi connectivity index (χ1) is 4.93. The van der Waals surface area contributed by atoms with Crippen LogP contribution in [0.15, 0.2) is 0 Å². The van der Waals surface area contributed by atoms with Crippen molar-refractivity contribution < 1.29 is 4.18 Å². The smallest absolute Gasteiger partial charge is 0.0737 e. The van der Waals surface area contributed by atoms with Crippen LogP contribution in [-0.2, 0) is 4.18 Å². The molecule has 1 aliphatic rings. The number of hydrogen-bond donors (Lipinski definition) is 2. The molecule has 4 heteroatoms. The minimum atomic E-state index is 0.725. The van der Waals surface area contributed by atoms with Crippen LogP contribution >= 0.6 is 12.9 Å². The van der Waals surface area contributed by atoms with Crippen LogP contribution in [0.5, 0.6) is 0 Å². The molecule has 60 valence electrons. The van der Waals surface area contributed by atoms with Gasteiger partial charge in [0, 0.05) is 32.7 Å². The summed E-state index contributed by atoms with van der Waals surface area (Å²) in [6, 6.07) is 0. The van der Waals surface area contributed by atoms with Crippen molar-refractivity contribution in [2.45, 2.75) is 0 Å². The van der Waals surface area contributed by atoms with Crippen molar-refractivity contribution in [1.82, 2.24) is 10.2 Å². The van der Waals surface area contributed by atoms with E-state index in [4.69, 9.17) is 0 Å². The van der Waals surface area contributed by atoms with E-state index < -0.39 is 0 Å². The number of thiol groups is 1. The maximum absolute atomic E-state index is 4.68. The molecule has 0 bridgehead atoms. The van der Waals surface area contributed by atoms with Crippen LogP contribution in [0.4, 0.5) is 0 Å². The fourth-order valence-electron chi connectivity index (χ4n) is 1.10. The molecule has 3 nitrogen and oxygen atoms in total. The highest BCUT2D eigenvalue weighted by molar-refractivity contribution is 7.75. The SMILES string of the molecule is SOCCN1CCNCC1. The van der Waals surface area contributed by atoms with Crippen molar-refractivity contribution in [2.24, 2.45) is 0 Å². The Kier molecular flexibility index (Phi) is 4.13. The van der Waals surface area contributed by atoms with E-state index in [1.165, 1.54) is 0 Å². The first-order valence-electron chi connectivity index (χ1n) is 3.63. The normalized spacial score (nSPS) is 21.3. The van der Waals surface area contributed by atoms with Gasteiger partial charge in [-0.2, -0.15) is 0 Å². The molecule has 0 unspecified atom stereocenters. The van der Waals surface area contributed by atoms with Gasteiger partial charge in [0.25, 0.3) is 0 Å². The van der Waals surface area contributed by atoms with Gasteiger partial charge < -0.3 is 9.50 Å². The van der Waals surface area contributed by atoms with Crippen LogP contribution < -0.4 is 5.32 Å². The minimum Gasteiger partial charge on any atom is -0.317 e. The lowest BCUT2D eigenvalue weighted by Gasteiger charge is -2.26. The van der Waals surface area contributed by atoms with Gasteiger partial charge in [0.05, 0.1) is 6.61 Å². The van der Waals surface area contributed by atoms with E-state index in [2.05, 4.69) is 27.3 Å². The molecule has 1 saturated heterocycles. The summed E-state index contributed by atoms with van der Waals surface area (Å²) < 4.78 is 4.68. The number of piperazine rings is 1. The van der Waals surface area contributed by atoms with Crippen molar-refractivity contribution in [3.63, 3.8) is 0 Å². The van der Waals surface area contributed by atoms with Gasteiger partial charge in [0.15, 0.2) is 0 Å². The van der Waals surface area contributed by atoms with Crippen molar-refractivity contribution >= 4 is 12.9 Å². The summed E-state index contributed by atoms with van der Waals surface area (Å²) in [5.41, 5.74) is 0. The molecule has 0 amide bonds. The fourth-order valence-corrected chi connectivity index (χ4v) is 1.19. The number of rotatable bonds is 3. The maximum atomic E-state index is 4.68. The third-order valence-corrected chi connectivity index (χ3v) is 1.89. The average molecular weight is 162 g/mol. The second-order valence-electron chi connectivity index (χ2n) is 2.42. The molecule has 0 aromatic carbocycles. The monoisotopic (exact) mass is 162 g/mol. The number of nitrogens with one attached hydrogen (secondary N) is 1. The van der Waals surface area contributed by atoms with Crippen LogP contribution in [0.2, 0.25) is 0 Å². The van der Waals surface area contributed by atoms with Crippen LogP contribution in [0.25, 0.3) is 0 Å². The zero-order valence-corrected chi connectivity index (χ0v) is 6.94. The minimum absolute atomic E-state index is 0.725. The Morgan fingerprint density at radius 1 is 1.40 bits per heavy atom. The van der Waals surface area contributed by atoms with E-state index in [0.29, 0.717) is 0 Å². The summed E-state index contributed by atoms with van der Waals surface area (Å²) in [5, 5.41) is 3.29. The third-order valence-electron chi connectivity index (χ3n) is 1.71. The van der Waals surface area contributed by atoms with Gasteiger partial charge in [-0.1, -0.05) is 0 Å². The molecule has 10 heavy (non-hydrogen) atoms. The molecule has 1 N–H and O–H groups in total. The molecule has 1 heterocycles. The van der Waals surface area contributed by atoms with Crippen LogP contribution in [0.3, 0.4) is 0 Å². The summed E-state index contributed by atoms with van der Waals surface area (Å²) >= 11 is 3.68. The van der Waals surface area contributed by atoms with Gasteiger partial charge in [-0.3, -0.25) is 4.90 Å². The highest BCUT2D eigenvalue weighted by atomic mass is 32.1. The van der Waals surface area contributed by atoms with E-state index in [9.17, 15) is 0 Å². The Hall–Kier alpha value is 0.230. The summed E-state index contributed by atoms with van der Waals surface area (Å²) in [6.07, 6.45) is 0. The zero-order chi connectivity index (χ0) is 7.23. The second kappa shape index (κ2) is 4.96. The summed E-state index contributed by atoms with van der Waals surface area (Å²) in [5.74, 6) is 0. The molecular formula is C6H14N2OS. The van der Waals surface area contributed by atoms with E-state index in [1.807, 2.05) is 0 Å². The fraction of sp³-hybridized carbons (Fsp3) is 1.00. The van der Waals surface area contributed by atoms with Gasteiger partial charge in [-0.15, -0.1) is 0 Å². The predicted octanol–water partition coefficient (Wildman–Crippen LogP) is -0.247. The lowest BCUT2D eigenvalue weighted by Crippen LogP contribution is -2.44. The molecule has 1 rings (SSSR count). The lowest BCUT2D eigenvalue weighted by molar-refractivity contribution is 0.205. The molecule has 0 radical (unpaired) electrons. The van der Waals surface area contributed by atoms with Crippen molar-refractivity contribution in [1.29, 1.82) is 0 Å². The number of nitrogens with zero attached hydrogens (tertiary/aromatic N) is 1. The van der Waals surface area contributed by atoms with E-state index >= 15 is 0 Å². The Balaban J connectivity index is 2.02. The van der Waals surface area contributed by atoms with Gasteiger partial charge >= 0.3 is 0 Å². The maximum Gasteiger partial charge on any atom is 0.0737 e. The molecule has 0 aromatic heterocycles. The van der Waals surface area contributed by atoms with Crippen LogP contribution in [0.1, 0.15) is 0 Å². The number of hydrogen-bond acceptors (Lipinski definition) is 4. The molecule has 1 aliphatic heterocycles. The molecule has 1 fully saturated rings. The van der Waals surface area contributed by atoms with Crippen molar-refractivity contribution in [2.75, 3.05) is 39.3 Å². The van der Waals surface area contributed by atoms with Gasteiger partial charge in [-0.05, 0) is 12.9 Å². The molecule has 0 aromatic rings. The molecule has 0 spiro atoms. The van der Waals surface area contributed by atoms with Crippen molar-refractivity contribution in [3.05, 3.63) is 0 Å². The van der Waals surface area contributed by atoms with E-state index in [-0.39, 0.29) is 0 Å². The standard InChI is InChI=1S/C6H14N2OS/c10-9-6-5-8-3-1-7-2-4-8/h7,10H,1-6H2. The van der Waals surface area contributed by atoms with Crippen molar-refractivity contribution in [3.8, 4) is 0 Å². The third kappa shape index (κ3) is 2.88. The summed E-state index contributed by atoms with van der Waals surface area (Å²) in [6.45, 7) is 6.21. The summed E-state index contributed by atoms with van der Waals surface area (Å²) in [4.78, 5) is 2.37. The summed E-state index contributed by atoms with van der Waals surface area (Å²) in [7, 11) is 0. The van der Waals surface area contributed by atoms with Gasteiger partial charge in [-0.25, -0.2) is 0 Å². The average Bonchev–Trinajstić information content (AvgIpc) is 2.03. The predicted molar refractivity (Wildman–Crippen MR) is 44.2 cm³/mol. The molecule has 0 atom stereocenters. The van der Waals surface area contributed by atoms with Gasteiger partial charge in [0.2, 0.25) is 0 Å². The molecule has 0 aliphatic carbocycles. The first kappa shape index (κ1) is 8.33. The highest BCUT2D eigenvalue weighted by Gasteiger charge is 2.07. The Morgan fingerprint density at radius 2 is 2.10 bits per heavy atom. The molecule has 0 saturated carbocycles. The Morgan fingerprint density at radius 3 is 2.70 bits per heavy atom. The van der Waals surface area contributed by atoms with Crippen LogP contribution in [-0.4, -0.2) is 44.2 Å². The Labute approximate surface area is 67.3 Å². The zero-order valence-electron chi connectivity index (χ0n) is 6.05. The topological polar surface area (TPSA) is 24.5 Å². The van der Waals surface area contributed by atoms with E-state index in [0.717, 1.165) is 39.3 Å². The molecular weight excluding hydrogens is 148 g/mol. The van der Waals surface area contributed by atoms with E-state index in [1.54, 1.807) is 0 Å². The largest absolute Gasteiger partial charge is 0.317 e. The van der Waals surface area contributed by atoms with Gasteiger partial charge in [0.1, 0.15) is 0 Å². The highest BCUT2D eigenvalue weighted by Crippen LogP contribution is 1.91. The first-order valence-corrected chi connectivity index (χ1v) is 3.99. The second-order valence-corrected chi connectivity index (χ2v) is 2.68. The van der Waals surface area contributed by atoms with Crippen LogP contribution in [0, 0.1) is 0 Å². The quantitative estimate of drug-likeness (QED) is 0.442. The lowest BCUT2D eigenvalue weighted by atomic mass is 10.4. The Bertz CT molecular complexity index is 85.8.